The summed E-state index contributed by atoms with van der Waals surface area (Å²) in [6, 6.07) is 5.47. The number of aryl methyl sites for hydroxylation is 1. The maximum atomic E-state index is 11.9. The van der Waals surface area contributed by atoms with Gasteiger partial charge < -0.3 is 10.4 Å². The third-order valence-electron chi connectivity index (χ3n) is 2.42. The number of carboxylic acids is 1. The Hall–Kier alpha value is -2.77. The lowest BCUT2D eigenvalue weighted by Gasteiger charge is -2.11. The second-order valence-electron chi connectivity index (χ2n) is 3.88. The predicted molar refractivity (Wildman–Crippen MR) is 63.2 cm³/mol. The molecule has 1 heterocycles. The Morgan fingerprint density at radius 3 is 2.79 bits per heavy atom. The number of aromatic nitrogens is 4. The van der Waals surface area contributed by atoms with E-state index in [0.717, 1.165) is 5.56 Å². The Kier molecular flexibility index (Phi) is 3.51. The molecule has 0 aliphatic carbocycles. The first kappa shape index (κ1) is 12.7. The molecule has 1 unspecified atom stereocenters. The lowest BCUT2D eigenvalue weighted by Crippen LogP contribution is -2.34. The summed E-state index contributed by atoms with van der Waals surface area (Å²) in [4.78, 5) is 23.0. The van der Waals surface area contributed by atoms with Crippen LogP contribution in [0.25, 0.3) is 0 Å². The fraction of sp³-hybridized carbons (Fsp3) is 0.182. The van der Waals surface area contributed by atoms with Crippen LogP contribution in [-0.2, 0) is 4.79 Å². The highest BCUT2D eigenvalue weighted by Gasteiger charge is 2.26. The molecule has 3 N–H and O–H groups in total. The highest BCUT2D eigenvalue weighted by Crippen LogP contribution is 2.09. The van der Waals surface area contributed by atoms with Gasteiger partial charge >= 0.3 is 5.97 Å². The molecule has 0 saturated heterocycles. The summed E-state index contributed by atoms with van der Waals surface area (Å²) in [6.45, 7) is 1.84. The van der Waals surface area contributed by atoms with Crippen molar-refractivity contribution in [2.45, 2.75) is 13.0 Å². The van der Waals surface area contributed by atoms with Gasteiger partial charge in [-0.05, 0) is 19.1 Å². The number of rotatable bonds is 4. The number of hydrogen-bond acceptors (Lipinski definition) is 5. The van der Waals surface area contributed by atoms with Crippen molar-refractivity contribution in [1.29, 1.82) is 0 Å². The molecule has 1 aromatic heterocycles. The van der Waals surface area contributed by atoms with E-state index in [1.165, 1.54) is 0 Å². The second-order valence-corrected chi connectivity index (χ2v) is 3.88. The Bertz CT molecular complexity index is 596. The van der Waals surface area contributed by atoms with E-state index in [0.29, 0.717) is 5.56 Å². The monoisotopic (exact) mass is 261 g/mol. The molecule has 0 bridgehead atoms. The third kappa shape index (κ3) is 2.92. The van der Waals surface area contributed by atoms with Crippen LogP contribution >= 0.6 is 0 Å². The van der Waals surface area contributed by atoms with Crippen molar-refractivity contribution in [2.24, 2.45) is 0 Å². The van der Waals surface area contributed by atoms with Crippen molar-refractivity contribution in [3.63, 3.8) is 0 Å². The van der Waals surface area contributed by atoms with E-state index in [4.69, 9.17) is 5.11 Å². The number of aliphatic carboxylic acids is 1. The molecule has 0 saturated carbocycles. The molecule has 8 nitrogen and oxygen atoms in total. The highest BCUT2D eigenvalue weighted by atomic mass is 16.4. The SMILES string of the molecule is Cc1cccc(C(=O)NC(C(=O)O)c2nn[nH]n2)c1. The summed E-state index contributed by atoms with van der Waals surface area (Å²) in [6.07, 6.45) is 0. The van der Waals surface area contributed by atoms with Crippen LogP contribution in [0.4, 0.5) is 0 Å². The van der Waals surface area contributed by atoms with E-state index < -0.39 is 17.9 Å². The number of hydrogen-bond donors (Lipinski definition) is 3. The molecule has 0 radical (unpaired) electrons. The van der Waals surface area contributed by atoms with Gasteiger partial charge in [0.15, 0.2) is 6.04 Å². The average Bonchev–Trinajstić information content (AvgIpc) is 2.88. The number of amides is 1. The summed E-state index contributed by atoms with van der Waals surface area (Å²) < 4.78 is 0. The number of carbonyl (C=O) groups is 2. The van der Waals surface area contributed by atoms with Gasteiger partial charge in [-0.1, -0.05) is 22.9 Å². The molecule has 1 amide bonds. The molecule has 1 atom stereocenters. The van der Waals surface area contributed by atoms with Crippen molar-refractivity contribution in [3.8, 4) is 0 Å². The molecule has 2 aromatic rings. The molecular formula is C11H11N5O3. The normalized spacial score (nSPS) is 11.8. The van der Waals surface area contributed by atoms with Gasteiger partial charge in [0.2, 0.25) is 5.82 Å². The number of nitrogens with one attached hydrogen (secondary N) is 2. The molecule has 0 aliphatic heterocycles. The number of aromatic amines is 1. The Morgan fingerprint density at radius 2 is 2.21 bits per heavy atom. The number of tetrazole rings is 1. The van der Waals surface area contributed by atoms with Crippen LogP contribution in [-0.4, -0.2) is 37.6 Å². The van der Waals surface area contributed by atoms with E-state index in [1.54, 1.807) is 18.2 Å². The quantitative estimate of drug-likeness (QED) is 0.715. The first-order valence-corrected chi connectivity index (χ1v) is 5.41. The van der Waals surface area contributed by atoms with Crippen molar-refractivity contribution >= 4 is 11.9 Å². The zero-order chi connectivity index (χ0) is 13.8. The highest BCUT2D eigenvalue weighted by molar-refractivity contribution is 5.96. The summed E-state index contributed by atoms with van der Waals surface area (Å²) in [5.41, 5.74) is 1.27. The fourth-order valence-corrected chi connectivity index (χ4v) is 1.53. The number of benzene rings is 1. The van der Waals surface area contributed by atoms with Gasteiger partial charge in [-0.3, -0.25) is 4.79 Å². The van der Waals surface area contributed by atoms with E-state index in [1.807, 2.05) is 13.0 Å². The zero-order valence-electron chi connectivity index (χ0n) is 9.99. The lowest BCUT2D eigenvalue weighted by atomic mass is 10.1. The minimum Gasteiger partial charge on any atom is -0.479 e. The van der Waals surface area contributed by atoms with Crippen LogP contribution in [0.15, 0.2) is 24.3 Å². The van der Waals surface area contributed by atoms with Gasteiger partial charge in [0, 0.05) is 5.56 Å². The van der Waals surface area contributed by atoms with E-state index in [2.05, 4.69) is 25.9 Å². The predicted octanol–water partition coefficient (Wildman–Crippen LogP) is 0.0638. The summed E-state index contributed by atoms with van der Waals surface area (Å²) in [5.74, 6) is -1.88. The Labute approximate surface area is 107 Å². The molecule has 1 aromatic carbocycles. The van der Waals surface area contributed by atoms with Crippen molar-refractivity contribution < 1.29 is 14.7 Å². The maximum absolute atomic E-state index is 11.9. The fourth-order valence-electron chi connectivity index (χ4n) is 1.53. The number of H-pyrrole nitrogens is 1. The molecule has 0 aliphatic rings. The largest absolute Gasteiger partial charge is 0.479 e. The first-order chi connectivity index (χ1) is 9.08. The van der Waals surface area contributed by atoms with E-state index in [9.17, 15) is 9.59 Å². The molecule has 0 spiro atoms. The topological polar surface area (TPSA) is 121 Å². The molecule has 8 heteroatoms. The van der Waals surface area contributed by atoms with Crippen LogP contribution < -0.4 is 5.32 Å². The standard InChI is InChI=1S/C11H11N5O3/c1-6-3-2-4-7(5-6)10(17)12-8(11(18)19)9-13-15-16-14-9/h2-5,8H,1H3,(H,12,17)(H,18,19)(H,13,14,15,16). The van der Waals surface area contributed by atoms with Crippen molar-refractivity contribution in [2.75, 3.05) is 0 Å². The van der Waals surface area contributed by atoms with Crippen LogP contribution in [0.1, 0.15) is 27.8 Å². The average molecular weight is 261 g/mol. The molecule has 2 rings (SSSR count). The van der Waals surface area contributed by atoms with Gasteiger partial charge in [-0.15, -0.1) is 10.2 Å². The number of carboxylic acid groups (broad SMARTS) is 1. The van der Waals surface area contributed by atoms with Crippen LogP contribution in [0, 0.1) is 6.92 Å². The Morgan fingerprint density at radius 1 is 1.42 bits per heavy atom. The number of nitrogens with zero attached hydrogens (tertiary/aromatic N) is 3. The van der Waals surface area contributed by atoms with E-state index in [-0.39, 0.29) is 5.82 Å². The van der Waals surface area contributed by atoms with Crippen molar-refractivity contribution in [1.82, 2.24) is 25.9 Å². The van der Waals surface area contributed by atoms with Crippen LogP contribution in [0.3, 0.4) is 0 Å². The minimum absolute atomic E-state index is 0.103. The van der Waals surface area contributed by atoms with Gasteiger partial charge in [0.25, 0.3) is 5.91 Å². The van der Waals surface area contributed by atoms with Gasteiger partial charge in [-0.2, -0.15) is 5.21 Å². The molecule has 19 heavy (non-hydrogen) atoms. The van der Waals surface area contributed by atoms with Crippen LogP contribution in [0.2, 0.25) is 0 Å². The van der Waals surface area contributed by atoms with Crippen molar-refractivity contribution in [3.05, 3.63) is 41.2 Å². The lowest BCUT2D eigenvalue weighted by molar-refractivity contribution is -0.139. The first-order valence-electron chi connectivity index (χ1n) is 5.41. The molecular weight excluding hydrogens is 250 g/mol. The van der Waals surface area contributed by atoms with Crippen LogP contribution in [0.5, 0.6) is 0 Å². The van der Waals surface area contributed by atoms with Gasteiger partial charge in [0.1, 0.15) is 0 Å². The maximum Gasteiger partial charge on any atom is 0.334 e. The summed E-state index contributed by atoms with van der Waals surface area (Å²) >= 11 is 0. The minimum atomic E-state index is -1.34. The number of carbonyl (C=O) groups excluding carboxylic acids is 1. The second kappa shape index (κ2) is 5.25. The molecule has 98 valence electrons. The zero-order valence-corrected chi connectivity index (χ0v) is 9.99. The van der Waals surface area contributed by atoms with E-state index >= 15 is 0 Å². The van der Waals surface area contributed by atoms with Gasteiger partial charge in [-0.25, -0.2) is 4.79 Å². The third-order valence-corrected chi connectivity index (χ3v) is 2.42. The Balaban J connectivity index is 2.19. The smallest absolute Gasteiger partial charge is 0.334 e. The van der Waals surface area contributed by atoms with Gasteiger partial charge in [0.05, 0.1) is 0 Å². The summed E-state index contributed by atoms with van der Waals surface area (Å²) in [5, 5.41) is 23.9. The molecule has 0 fully saturated rings. The summed E-state index contributed by atoms with van der Waals surface area (Å²) in [7, 11) is 0.